The number of ether oxygens (including phenoxy) is 3. The van der Waals surface area contributed by atoms with Crippen molar-refractivity contribution in [2.75, 3.05) is 19.8 Å². The van der Waals surface area contributed by atoms with E-state index in [1.54, 1.807) is 0 Å². The van der Waals surface area contributed by atoms with Crippen molar-refractivity contribution in [2.24, 2.45) is 0 Å². The lowest BCUT2D eigenvalue weighted by molar-refractivity contribution is -0.148. The first-order valence-corrected chi connectivity index (χ1v) is 9.30. The molecule has 3 heterocycles. The van der Waals surface area contributed by atoms with E-state index in [0.29, 0.717) is 19.8 Å². The second-order valence-electron chi connectivity index (χ2n) is 7.49. The minimum absolute atomic E-state index is 0.0689. The molecule has 3 aliphatic rings. The van der Waals surface area contributed by atoms with Gasteiger partial charge in [-0.2, -0.15) is 5.26 Å². The van der Waals surface area contributed by atoms with Crippen molar-refractivity contribution in [3.8, 4) is 6.07 Å². The molecule has 134 valence electrons. The number of nitriles is 1. The fraction of sp³-hybridized carbons (Fsp3) is 0.650. The molecule has 0 radical (unpaired) electrons. The van der Waals surface area contributed by atoms with Gasteiger partial charge in [-0.15, -0.1) is 0 Å². The number of fused-ring (bicyclic) bond motifs is 1. The van der Waals surface area contributed by atoms with Crippen molar-refractivity contribution in [3.63, 3.8) is 0 Å². The molecule has 25 heavy (non-hydrogen) atoms. The number of hydrogen-bond donors (Lipinski definition) is 0. The summed E-state index contributed by atoms with van der Waals surface area (Å²) in [5.74, 6) is -0.477. The van der Waals surface area contributed by atoms with Gasteiger partial charge in [0.15, 0.2) is 5.79 Å². The molecule has 0 saturated carbocycles. The summed E-state index contributed by atoms with van der Waals surface area (Å²) >= 11 is 0. The summed E-state index contributed by atoms with van der Waals surface area (Å²) in [7, 11) is 0. The van der Waals surface area contributed by atoms with Gasteiger partial charge in [-0.05, 0) is 38.2 Å². The third kappa shape index (κ3) is 3.09. The predicted octanol–water partition coefficient (Wildman–Crippen LogP) is 3.38. The second-order valence-corrected chi connectivity index (χ2v) is 7.49. The van der Waals surface area contributed by atoms with Gasteiger partial charge >= 0.3 is 0 Å². The van der Waals surface area contributed by atoms with E-state index in [1.807, 2.05) is 13.0 Å². The second kappa shape index (κ2) is 6.69. The third-order valence-electron chi connectivity index (χ3n) is 5.90. The molecule has 5 heteroatoms. The summed E-state index contributed by atoms with van der Waals surface area (Å²) in [6.45, 7) is 4.00. The minimum atomic E-state index is -0.477. The number of hydrogen-bond acceptors (Lipinski definition) is 5. The summed E-state index contributed by atoms with van der Waals surface area (Å²) < 4.78 is 17.4. The molecule has 4 rings (SSSR count). The van der Waals surface area contributed by atoms with Gasteiger partial charge in [-0.1, -0.05) is 30.3 Å². The monoisotopic (exact) mass is 342 g/mol. The summed E-state index contributed by atoms with van der Waals surface area (Å²) in [4.78, 5) is 2.33. The Balaban J connectivity index is 1.49. The Morgan fingerprint density at radius 1 is 1.20 bits per heavy atom. The molecule has 0 N–H and O–H groups in total. The molecule has 1 aromatic rings. The number of nitrogens with zero attached hydrogens (tertiary/aromatic N) is 2. The SMILES string of the molecule is CC1(CCCC2(C#N)CC[C@@H]3OC[C@@H](c4ccccc4)N32)OCCO1. The van der Waals surface area contributed by atoms with Crippen molar-refractivity contribution in [3.05, 3.63) is 35.9 Å². The quantitative estimate of drug-likeness (QED) is 0.821. The highest BCUT2D eigenvalue weighted by atomic mass is 16.7. The van der Waals surface area contributed by atoms with E-state index < -0.39 is 11.3 Å². The van der Waals surface area contributed by atoms with E-state index in [4.69, 9.17) is 14.2 Å². The lowest BCUT2D eigenvalue weighted by Crippen LogP contribution is -2.45. The van der Waals surface area contributed by atoms with E-state index in [0.717, 1.165) is 32.1 Å². The highest BCUT2D eigenvalue weighted by Crippen LogP contribution is 2.47. The van der Waals surface area contributed by atoms with Crippen LogP contribution in [0.25, 0.3) is 0 Å². The predicted molar refractivity (Wildman–Crippen MR) is 92.5 cm³/mol. The number of benzene rings is 1. The maximum absolute atomic E-state index is 10.1. The molecule has 3 fully saturated rings. The van der Waals surface area contributed by atoms with Gasteiger partial charge in [0.25, 0.3) is 0 Å². The Kier molecular flexibility index (Phi) is 4.55. The Bertz CT molecular complexity index is 638. The maximum atomic E-state index is 10.1. The normalized spacial score (nSPS) is 34.1. The van der Waals surface area contributed by atoms with Crippen molar-refractivity contribution >= 4 is 0 Å². The molecule has 3 saturated heterocycles. The molecule has 0 aliphatic carbocycles. The molecule has 1 aromatic carbocycles. The van der Waals surface area contributed by atoms with Crippen LogP contribution in [0.3, 0.4) is 0 Å². The first-order chi connectivity index (χ1) is 12.2. The zero-order chi connectivity index (χ0) is 17.3. The molecule has 0 amide bonds. The van der Waals surface area contributed by atoms with Crippen molar-refractivity contribution in [2.45, 2.75) is 62.6 Å². The third-order valence-corrected chi connectivity index (χ3v) is 5.90. The van der Waals surface area contributed by atoms with Crippen LogP contribution in [-0.2, 0) is 14.2 Å². The maximum Gasteiger partial charge on any atom is 0.165 e. The Morgan fingerprint density at radius 2 is 1.96 bits per heavy atom. The lowest BCUT2D eigenvalue weighted by Gasteiger charge is -2.36. The summed E-state index contributed by atoms with van der Waals surface area (Å²) in [6.07, 6.45) is 4.44. The van der Waals surface area contributed by atoms with Gasteiger partial charge in [-0.25, -0.2) is 0 Å². The Labute approximate surface area is 149 Å². The van der Waals surface area contributed by atoms with Gasteiger partial charge in [0, 0.05) is 6.42 Å². The molecular formula is C20H26N2O3. The fourth-order valence-electron chi connectivity index (χ4n) is 4.61. The van der Waals surface area contributed by atoms with Crippen LogP contribution in [0.5, 0.6) is 0 Å². The average Bonchev–Trinajstić information content (AvgIpc) is 3.33. The van der Waals surface area contributed by atoms with Crippen molar-refractivity contribution in [1.29, 1.82) is 5.26 Å². The van der Waals surface area contributed by atoms with Gasteiger partial charge in [-0.3, -0.25) is 4.90 Å². The van der Waals surface area contributed by atoms with Crippen LogP contribution in [0.1, 0.15) is 50.6 Å². The molecule has 0 aromatic heterocycles. The zero-order valence-corrected chi connectivity index (χ0v) is 14.8. The molecule has 1 unspecified atom stereocenters. The Hall–Kier alpha value is -1.45. The van der Waals surface area contributed by atoms with Crippen LogP contribution in [0, 0.1) is 11.3 Å². The van der Waals surface area contributed by atoms with Crippen LogP contribution in [-0.4, -0.2) is 42.3 Å². The highest BCUT2D eigenvalue weighted by molar-refractivity contribution is 5.25. The number of rotatable bonds is 5. The average molecular weight is 342 g/mol. The van der Waals surface area contributed by atoms with Gasteiger partial charge in [0.05, 0.1) is 31.9 Å². The summed E-state index contributed by atoms with van der Waals surface area (Å²) in [5.41, 5.74) is 0.789. The standard InChI is InChI=1S/C20H26N2O3/c1-19(24-12-13-25-19)9-5-10-20(15-21)11-8-18-22(20)17(14-23-18)16-6-3-2-4-7-16/h2-4,6-7,17-18H,5,8-14H2,1H3/t17-,18-,20?/m0/s1. The molecule has 3 aliphatic heterocycles. The highest BCUT2D eigenvalue weighted by Gasteiger charge is 2.53. The van der Waals surface area contributed by atoms with Gasteiger partial charge in [0.2, 0.25) is 0 Å². The van der Waals surface area contributed by atoms with E-state index in [9.17, 15) is 5.26 Å². The van der Waals surface area contributed by atoms with Crippen molar-refractivity contribution in [1.82, 2.24) is 4.90 Å². The summed E-state index contributed by atoms with van der Waals surface area (Å²) in [5, 5.41) is 10.1. The van der Waals surface area contributed by atoms with Crippen LogP contribution >= 0.6 is 0 Å². The smallest absolute Gasteiger partial charge is 0.165 e. The van der Waals surface area contributed by atoms with Crippen molar-refractivity contribution < 1.29 is 14.2 Å². The first kappa shape index (κ1) is 17.0. The van der Waals surface area contributed by atoms with Crippen LogP contribution < -0.4 is 0 Å². The molecule has 0 spiro atoms. The van der Waals surface area contributed by atoms with E-state index in [1.165, 1.54) is 5.56 Å². The van der Waals surface area contributed by atoms with Crippen LogP contribution in [0.4, 0.5) is 0 Å². The molecule has 0 bridgehead atoms. The molecular weight excluding hydrogens is 316 g/mol. The molecule has 3 atom stereocenters. The van der Waals surface area contributed by atoms with Gasteiger partial charge in [0.1, 0.15) is 11.8 Å². The van der Waals surface area contributed by atoms with Crippen LogP contribution in [0.2, 0.25) is 0 Å². The first-order valence-electron chi connectivity index (χ1n) is 9.30. The van der Waals surface area contributed by atoms with E-state index >= 15 is 0 Å². The fourth-order valence-corrected chi connectivity index (χ4v) is 4.61. The van der Waals surface area contributed by atoms with Gasteiger partial charge < -0.3 is 14.2 Å². The molecule has 5 nitrogen and oxygen atoms in total. The minimum Gasteiger partial charge on any atom is -0.361 e. The van der Waals surface area contributed by atoms with E-state index in [-0.39, 0.29) is 12.3 Å². The lowest BCUT2D eigenvalue weighted by atomic mass is 9.88. The largest absolute Gasteiger partial charge is 0.361 e. The topological polar surface area (TPSA) is 54.7 Å². The van der Waals surface area contributed by atoms with E-state index in [2.05, 4.69) is 35.2 Å². The van der Waals surface area contributed by atoms with Crippen LogP contribution in [0.15, 0.2) is 30.3 Å². The Morgan fingerprint density at radius 3 is 2.68 bits per heavy atom. The zero-order valence-electron chi connectivity index (χ0n) is 14.8. The summed E-state index contributed by atoms with van der Waals surface area (Å²) in [6, 6.07) is 13.2.